The van der Waals surface area contributed by atoms with Crippen LogP contribution < -0.4 is 14.8 Å². The van der Waals surface area contributed by atoms with Crippen molar-refractivity contribution in [1.82, 2.24) is 19.9 Å². The number of nitrogens with zero attached hydrogens (tertiary/aromatic N) is 4. The van der Waals surface area contributed by atoms with E-state index in [1.165, 1.54) is 0 Å². The first-order valence-corrected chi connectivity index (χ1v) is 16.2. The van der Waals surface area contributed by atoms with E-state index in [-0.39, 0.29) is 37.1 Å². The molecule has 0 bridgehead atoms. The number of pyridine rings is 1. The highest BCUT2D eigenvalue weighted by atomic mass is 32.2. The standard InChI is InChI=1S/C33H31FN6O5S/c1-21-12-13-25-26(9-5-11-29(25)39-46(43,44)20-22-7-3-2-4-8-22)30(21)45-31-27(10-6-15-35-31)28-14-16-36-32(38-28)37-24-17-23(34)18-40(19-24)33(41)42/h2-16,23-24,39H,17-20H2,1H3,(H,41,42)(H,36,37,38)/t23-,24+/m0/s1. The van der Waals surface area contributed by atoms with Gasteiger partial charge in [-0.25, -0.2) is 32.6 Å². The molecule has 13 heteroatoms. The van der Waals surface area contributed by atoms with Gasteiger partial charge in [-0.2, -0.15) is 0 Å². The van der Waals surface area contributed by atoms with E-state index < -0.39 is 28.3 Å². The predicted octanol–water partition coefficient (Wildman–Crippen LogP) is 6.24. The van der Waals surface area contributed by atoms with Crippen molar-refractivity contribution >= 4 is 38.5 Å². The summed E-state index contributed by atoms with van der Waals surface area (Å²) in [4.78, 5) is 25.8. The molecule has 1 aliphatic rings. The van der Waals surface area contributed by atoms with Crippen LogP contribution in [0, 0.1) is 6.92 Å². The second kappa shape index (κ2) is 13.0. The van der Waals surface area contributed by atoms with Crippen LogP contribution in [0.15, 0.2) is 91.3 Å². The Kier molecular flexibility index (Phi) is 8.66. The van der Waals surface area contributed by atoms with E-state index in [4.69, 9.17) is 4.74 Å². The number of benzene rings is 3. The van der Waals surface area contributed by atoms with E-state index in [1.807, 2.05) is 31.2 Å². The highest BCUT2D eigenvalue weighted by molar-refractivity contribution is 7.91. The lowest BCUT2D eigenvalue weighted by Crippen LogP contribution is -2.49. The van der Waals surface area contributed by atoms with Crippen molar-refractivity contribution in [3.05, 3.63) is 102 Å². The number of fused-ring (bicyclic) bond motifs is 1. The van der Waals surface area contributed by atoms with E-state index in [9.17, 15) is 22.7 Å². The smallest absolute Gasteiger partial charge is 0.407 e. The number of likely N-dealkylation sites (tertiary alicyclic amines) is 1. The highest BCUT2D eigenvalue weighted by Gasteiger charge is 2.30. The van der Waals surface area contributed by atoms with Gasteiger partial charge in [-0.3, -0.25) is 4.72 Å². The molecule has 0 unspecified atom stereocenters. The summed E-state index contributed by atoms with van der Waals surface area (Å²) < 4.78 is 49.5. The van der Waals surface area contributed by atoms with E-state index >= 15 is 0 Å². The van der Waals surface area contributed by atoms with Gasteiger partial charge >= 0.3 is 6.09 Å². The normalized spacial score (nSPS) is 16.6. The third-order valence-electron chi connectivity index (χ3n) is 7.58. The molecule has 0 saturated carbocycles. The van der Waals surface area contributed by atoms with Crippen LogP contribution in [0.3, 0.4) is 0 Å². The SMILES string of the molecule is Cc1ccc2c(NS(=O)(=O)Cc3ccccc3)cccc2c1Oc1ncccc1-c1ccnc(N[C@@H]2C[C@H](F)CN(C(=O)O)C2)n1. The van der Waals surface area contributed by atoms with Crippen molar-refractivity contribution < 1.29 is 27.4 Å². The van der Waals surface area contributed by atoms with Crippen molar-refractivity contribution in [1.29, 1.82) is 0 Å². The highest BCUT2D eigenvalue weighted by Crippen LogP contribution is 2.39. The number of hydrogen-bond donors (Lipinski definition) is 3. The second-order valence-corrected chi connectivity index (χ2v) is 12.8. The fraction of sp³-hybridized carbons (Fsp3) is 0.212. The topological polar surface area (TPSA) is 147 Å². The van der Waals surface area contributed by atoms with Gasteiger partial charge in [0.1, 0.15) is 11.9 Å². The van der Waals surface area contributed by atoms with Crippen LogP contribution in [0.25, 0.3) is 22.0 Å². The first-order valence-electron chi connectivity index (χ1n) is 14.6. The molecule has 1 amide bonds. The molecule has 46 heavy (non-hydrogen) atoms. The van der Waals surface area contributed by atoms with Gasteiger partial charge in [0.05, 0.1) is 29.2 Å². The maximum atomic E-state index is 14.2. The van der Waals surface area contributed by atoms with Gasteiger partial charge in [0.2, 0.25) is 21.9 Å². The molecule has 236 valence electrons. The van der Waals surface area contributed by atoms with Gasteiger partial charge in [-0.05, 0) is 42.3 Å². The predicted molar refractivity (Wildman–Crippen MR) is 173 cm³/mol. The summed E-state index contributed by atoms with van der Waals surface area (Å²) in [5.41, 5.74) is 2.94. The number of ether oxygens (including phenoxy) is 1. The number of piperidine rings is 1. The molecule has 1 saturated heterocycles. The maximum absolute atomic E-state index is 14.2. The molecule has 11 nitrogen and oxygen atoms in total. The maximum Gasteiger partial charge on any atom is 0.407 e. The number of hydrogen-bond acceptors (Lipinski definition) is 8. The molecular weight excluding hydrogens is 611 g/mol. The lowest BCUT2D eigenvalue weighted by atomic mass is 10.0. The van der Waals surface area contributed by atoms with E-state index in [1.54, 1.807) is 67.0 Å². The zero-order valence-corrected chi connectivity index (χ0v) is 25.6. The van der Waals surface area contributed by atoms with Gasteiger partial charge in [0.15, 0.2) is 0 Å². The molecule has 1 aliphatic heterocycles. The Bertz CT molecular complexity index is 2000. The van der Waals surface area contributed by atoms with Crippen molar-refractivity contribution in [2.75, 3.05) is 23.1 Å². The Morgan fingerprint density at radius 2 is 1.80 bits per heavy atom. The molecular formula is C33H31FN6O5S. The molecule has 3 heterocycles. The van der Waals surface area contributed by atoms with Crippen molar-refractivity contribution in [2.24, 2.45) is 0 Å². The fourth-order valence-corrected chi connectivity index (χ4v) is 6.70. The minimum absolute atomic E-state index is 0.107. The van der Waals surface area contributed by atoms with Crippen LogP contribution in [-0.2, 0) is 15.8 Å². The Labute approximate surface area is 265 Å². The molecule has 0 spiro atoms. The summed E-state index contributed by atoms with van der Waals surface area (Å²) in [5.74, 6) is 0.806. The third-order valence-corrected chi connectivity index (χ3v) is 8.82. The van der Waals surface area contributed by atoms with Gasteiger partial charge in [0.25, 0.3) is 0 Å². The van der Waals surface area contributed by atoms with E-state index in [2.05, 4.69) is 25.0 Å². The number of halogens is 1. The summed E-state index contributed by atoms with van der Waals surface area (Å²) >= 11 is 0. The van der Waals surface area contributed by atoms with Gasteiger partial charge in [0, 0.05) is 42.2 Å². The Morgan fingerprint density at radius 3 is 2.61 bits per heavy atom. The number of carbonyl (C=O) groups is 1. The number of carboxylic acid groups (broad SMARTS) is 1. The van der Waals surface area contributed by atoms with Crippen LogP contribution in [0.2, 0.25) is 0 Å². The van der Waals surface area contributed by atoms with Gasteiger partial charge in [-0.1, -0.05) is 54.6 Å². The number of nitrogens with one attached hydrogen (secondary N) is 2. The van der Waals surface area contributed by atoms with E-state index in [0.29, 0.717) is 39.0 Å². The molecule has 3 aromatic carbocycles. The summed E-state index contributed by atoms with van der Waals surface area (Å²) in [6, 6.07) is 22.7. The van der Waals surface area contributed by atoms with Crippen LogP contribution in [0.1, 0.15) is 17.5 Å². The van der Waals surface area contributed by atoms with Crippen molar-refractivity contribution in [3.63, 3.8) is 0 Å². The van der Waals surface area contributed by atoms with Crippen LogP contribution >= 0.6 is 0 Å². The molecule has 2 atom stereocenters. The second-order valence-electron chi connectivity index (χ2n) is 11.0. The monoisotopic (exact) mass is 642 g/mol. The first-order chi connectivity index (χ1) is 22.1. The molecule has 5 aromatic rings. The zero-order chi connectivity index (χ0) is 32.3. The summed E-state index contributed by atoms with van der Waals surface area (Å²) in [6.07, 6.45) is 0.785. The molecule has 6 rings (SSSR count). The minimum Gasteiger partial charge on any atom is -0.465 e. The van der Waals surface area contributed by atoms with Gasteiger partial charge < -0.3 is 20.1 Å². The molecule has 0 aliphatic carbocycles. The third kappa shape index (κ3) is 6.99. The lowest BCUT2D eigenvalue weighted by Gasteiger charge is -2.33. The molecule has 1 fully saturated rings. The Morgan fingerprint density at radius 1 is 0.978 bits per heavy atom. The van der Waals surface area contributed by atoms with Gasteiger partial charge in [-0.15, -0.1) is 0 Å². The molecule has 3 N–H and O–H groups in total. The minimum atomic E-state index is -3.70. The van der Waals surface area contributed by atoms with Crippen molar-refractivity contribution in [3.8, 4) is 22.9 Å². The number of alkyl halides is 1. The summed E-state index contributed by atoms with van der Waals surface area (Å²) in [7, 11) is -3.70. The average Bonchev–Trinajstić information content (AvgIpc) is 3.02. The van der Waals surface area contributed by atoms with Crippen molar-refractivity contribution in [2.45, 2.75) is 31.3 Å². The first kappa shape index (κ1) is 30.7. The Hall–Kier alpha value is -5.30. The molecule has 0 radical (unpaired) electrons. The molecule has 2 aromatic heterocycles. The number of rotatable bonds is 9. The van der Waals surface area contributed by atoms with Crippen LogP contribution in [0.4, 0.5) is 20.8 Å². The summed E-state index contributed by atoms with van der Waals surface area (Å²) in [5, 5.41) is 13.7. The number of sulfonamides is 1. The van der Waals surface area contributed by atoms with Crippen LogP contribution in [0.5, 0.6) is 11.6 Å². The average molecular weight is 643 g/mol. The fourth-order valence-electron chi connectivity index (χ4n) is 5.48. The number of amides is 1. The zero-order valence-electron chi connectivity index (χ0n) is 24.8. The van der Waals surface area contributed by atoms with Crippen LogP contribution in [-0.4, -0.2) is 64.8 Å². The lowest BCUT2D eigenvalue weighted by molar-refractivity contribution is 0.102. The number of anilines is 2. The number of aryl methyl sites for hydroxylation is 1. The summed E-state index contributed by atoms with van der Waals surface area (Å²) in [6.45, 7) is 1.83. The quantitative estimate of drug-likeness (QED) is 0.170. The number of aromatic nitrogens is 3. The Balaban J connectivity index is 1.28. The van der Waals surface area contributed by atoms with E-state index in [0.717, 1.165) is 10.5 Å². The largest absolute Gasteiger partial charge is 0.465 e.